The summed E-state index contributed by atoms with van der Waals surface area (Å²) < 4.78 is 0. The van der Waals surface area contributed by atoms with Crippen LogP contribution in [0.3, 0.4) is 0 Å². The van der Waals surface area contributed by atoms with Gasteiger partial charge in [-0.05, 0) is 38.6 Å². The molecule has 1 atom stereocenters. The van der Waals surface area contributed by atoms with E-state index in [1.165, 1.54) is 0 Å². The van der Waals surface area contributed by atoms with Crippen molar-refractivity contribution in [1.29, 1.82) is 0 Å². The standard InChI is InChI=1S/C12H22N2O2/c1-13(7-11(15)9-3-4-9)8-12(16)14(2)10-5-6-10/h9-11,15H,3-8H2,1-2H3. The molecule has 4 nitrogen and oxygen atoms in total. The van der Waals surface area contributed by atoms with Crippen molar-refractivity contribution in [2.24, 2.45) is 5.92 Å². The number of hydrogen-bond acceptors (Lipinski definition) is 3. The zero-order valence-corrected chi connectivity index (χ0v) is 10.2. The van der Waals surface area contributed by atoms with Crippen LogP contribution in [0.4, 0.5) is 0 Å². The van der Waals surface area contributed by atoms with Gasteiger partial charge in [0.2, 0.25) is 5.91 Å². The minimum atomic E-state index is -0.246. The lowest BCUT2D eigenvalue weighted by molar-refractivity contribution is -0.131. The monoisotopic (exact) mass is 226 g/mol. The molecule has 1 N–H and O–H groups in total. The van der Waals surface area contributed by atoms with Gasteiger partial charge < -0.3 is 10.0 Å². The van der Waals surface area contributed by atoms with Gasteiger partial charge in [0.15, 0.2) is 0 Å². The fourth-order valence-electron chi connectivity index (χ4n) is 2.02. The van der Waals surface area contributed by atoms with Crippen molar-refractivity contribution in [2.75, 3.05) is 27.2 Å². The van der Waals surface area contributed by atoms with Crippen molar-refractivity contribution >= 4 is 5.91 Å². The van der Waals surface area contributed by atoms with E-state index in [9.17, 15) is 9.90 Å². The molecule has 1 unspecified atom stereocenters. The van der Waals surface area contributed by atoms with Crippen LogP contribution in [0.25, 0.3) is 0 Å². The number of amides is 1. The summed E-state index contributed by atoms with van der Waals surface area (Å²) in [6, 6.07) is 0.481. The summed E-state index contributed by atoms with van der Waals surface area (Å²) in [5, 5.41) is 9.77. The first-order valence-electron chi connectivity index (χ1n) is 6.20. The van der Waals surface area contributed by atoms with Gasteiger partial charge in [0.25, 0.3) is 0 Å². The van der Waals surface area contributed by atoms with Gasteiger partial charge >= 0.3 is 0 Å². The van der Waals surface area contributed by atoms with Gasteiger partial charge in [-0.1, -0.05) is 0 Å². The average molecular weight is 226 g/mol. The number of nitrogens with zero attached hydrogens (tertiary/aromatic N) is 2. The molecule has 0 saturated heterocycles. The van der Waals surface area contributed by atoms with Gasteiger partial charge in [-0.25, -0.2) is 0 Å². The molecule has 92 valence electrons. The molecule has 16 heavy (non-hydrogen) atoms. The molecule has 0 spiro atoms. The van der Waals surface area contributed by atoms with E-state index >= 15 is 0 Å². The molecule has 0 aromatic heterocycles. The molecule has 2 aliphatic rings. The normalized spacial score (nSPS) is 22.2. The van der Waals surface area contributed by atoms with Crippen molar-refractivity contribution in [3.63, 3.8) is 0 Å². The zero-order valence-electron chi connectivity index (χ0n) is 10.2. The second kappa shape index (κ2) is 4.72. The van der Waals surface area contributed by atoms with Gasteiger partial charge in [-0.2, -0.15) is 0 Å². The Morgan fingerprint density at radius 1 is 1.31 bits per heavy atom. The van der Waals surface area contributed by atoms with Gasteiger partial charge in [0.1, 0.15) is 0 Å². The first-order valence-corrected chi connectivity index (χ1v) is 6.20. The van der Waals surface area contributed by atoms with Gasteiger partial charge in [-0.3, -0.25) is 9.69 Å². The quantitative estimate of drug-likeness (QED) is 0.709. The van der Waals surface area contributed by atoms with Crippen molar-refractivity contribution < 1.29 is 9.90 Å². The molecule has 0 heterocycles. The maximum absolute atomic E-state index is 11.8. The number of aliphatic hydroxyl groups is 1. The summed E-state index contributed by atoms with van der Waals surface area (Å²) in [5.41, 5.74) is 0. The topological polar surface area (TPSA) is 43.8 Å². The minimum Gasteiger partial charge on any atom is -0.392 e. The zero-order chi connectivity index (χ0) is 11.7. The van der Waals surface area contributed by atoms with Crippen LogP contribution in [-0.4, -0.2) is 60.1 Å². The van der Waals surface area contributed by atoms with E-state index in [1.54, 1.807) is 0 Å². The highest BCUT2D eigenvalue weighted by Gasteiger charge is 2.32. The van der Waals surface area contributed by atoms with Crippen LogP contribution in [0.1, 0.15) is 25.7 Å². The largest absolute Gasteiger partial charge is 0.392 e. The molecule has 1 amide bonds. The van der Waals surface area contributed by atoms with E-state index in [2.05, 4.69) is 0 Å². The van der Waals surface area contributed by atoms with Crippen LogP contribution in [0.5, 0.6) is 0 Å². The van der Waals surface area contributed by atoms with Crippen LogP contribution in [0.2, 0.25) is 0 Å². The summed E-state index contributed by atoms with van der Waals surface area (Å²) in [6.45, 7) is 1.05. The molecule has 0 bridgehead atoms. The lowest BCUT2D eigenvalue weighted by Crippen LogP contribution is -2.40. The lowest BCUT2D eigenvalue weighted by atomic mass is 10.2. The second-order valence-corrected chi connectivity index (χ2v) is 5.34. The molecule has 2 saturated carbocycles. The Bertz CT molecular complexity index is 262. The number of carbonyl (C=O) groups excluding carboxylic acids is 1. The Morgan fingerprint density at radius 3 is 2.44 bits per heavy atom. The van der Waals surface area contributed by atoms with E-state index in [0.717, 1.165) is 25.7 Å². The van der Waals surface area contributed by atoms with Gasteiger partial charge in [0.05, 0.1) is 12.6 Å². The molecular weight excluding hydrogens is 204 g/mol. The van der Waals surface area contributed by atoms with E-state index in [4.69, 9.17) is 0 Å². The third kappa shape index (κ3) is 3.19. The van der Waals surface area contributed by atoms with Crippen molar-refractivity contribution in [3.05, 3.63) is 0 Å². The summed E-state index contributed by atoms with van der Waals surface area (Å²) in [4.78, 5) is 15.6. The van der Waals surface area contributed by atoms with E-state index in [1.807, 2.05) is 23.9 Å². The van der Waals surface area contributed by atoms with E-state index in [-0.39, 0.29) is 12.0 Å². The molecule has 2 rings (SSSR count). The third-order valence-corrected chi connectivity index (χ3v) is 3.56. The Morgan fingerprint density at radius 2 is 1.94 bits per heavy atom. The maximum atomic E-state index is 11.8. The SMILES string of the molecule is CN(CC(=O)N(C)C1CC1)CC(O)C1CC1. The number of rotatable bonds is 6. The van der Waals surface area contributed by atoms with Crippen molar-refractivity contribution in [2.45, 2.75) is 37.8 Å². The van der Waals surface area contributed by atoms with Gasteiger partial charge in [-0.15, -0.1) is 0 Å². The Labute approximate surface area is 97.2 Å². The van der Waals surface area contributed by atoms with Crippen molar-refractivity contribution in [1.82, 2.24) is 9.80 Å². The highest BCUT2D eigenvalue weighted by atomic mass is 16.3. The van der Waals surface area contributed by atoms with Crippen LogP contribution >= 0.6 is 0 Å². The van der Waals surface area contributed by atoms with Crippen LogP contribution in [0, 0.1) is 5.92 Å². The molecule has 2 fully saturated rings. The number of aliphatic hydroxyl groups excluding tert-OH is 1. The Balaban J connectivity index is 1.68. The number of likely N-dealkylation sites (N-methyl/N-ethyl adjacent to an activating group) is 2. The molecule has 4 heteroatoms. The fraction of sp³-hybridized carbons (Fsp3) is 0.917. The molecule has 0 aromatic carbocycles. The smallest absolute Gasteiger partial charge is 0.236 e. The van der Waals surface area contributed by atoms with Gasteiger partial charge in [0, 0.05) is 19.6 Å². The maximum Gasteiger partial charge on any atom is 0.236 e. The summed E-state index contributed by atoms with van der Waals surface area (Å²) in [6.07, 6.45) is 4.34. The van der Waals surface area contributed by atoms with Crippen LogP contribution in [0.15, 0.2) is 0 Å². The van der Waals surface area contributed by atoms with E-state index < -0.39 is 0 Å². The third-order valence-electron chi connectivity index (χ3n) is 3.56. The summed E-state index contributed by atoms with van der Waals surface area (Å²) in [5.74, 6) is 0.659. The first-order chi connectivity index (χ1) is 7.58. The molecule has 0 aliphatic heterocycles. The Kier molecular flexibility index (Phi) is 3.50. The molecule has 0 aromatic rings. The number of hydrogen-bond donors (Lipinski definition) is 1. The molecule has 0 radical (unpaired) electrons. The van der Waals surface area contributed by atoms with E-state index in [0.29, 0.717) is 25.0 Å². The summed E-state index contributed by atoms with van der Waals surface area (Å²) >= 11 is 0. The highest BCUT2D eigenvalue weighted by molar-refractivity contribution is 5.78. The van der Waals surface area contributed by atoms with Crippen LogP contribution < -0.4 is 0 Å². The Hall–Kier alpha value is -0.610. The number of carbonyl (C=O) groups is 1. The fourth-order valence-corrected chi connectivity index (χ4v) is 2.02. The van der Waals surface area contributed by atoms with Crippen LogP contribution in [-0.2, 0) is 4.79 Å². The minimum absolute atomic E-state index is 0.174. The highest BCUT2D eigenvalue weighted by Crippen LogP contribution is 2.32. The first kappa shape index (κ1) is 11.9. The molecular formula is C12H22N2O2. The average Bonchev–Trinajstić information content (AvgIpc) is 3.04. The van der Waals surface area contributed by atoms with Crippen molar-refractivity contribution in [3.8, 4) is 0 Å². The second-order valence-electron chi connectivity index (χ2n) is 5.34. The summed E-state index contributed by atoms with van der Waals surface area (Å²) in [7, 11) is 3.79. The molecule has 2 aliphatic carbocycles. The predicted octanol–water partition coefficient (Wildman–Crippen LogP) is 0.310. The predicted molar refractivity (Wildman–Crippen MR) is 62.0 cm³/mol. The lowest BCUT2D eigenvalue weighted by Gasteiger charge is -2.23.